The fourth-order valence-corrected chi connectivity index (χ4v) is 2.15. The van der Waals surface area contributed by atoms with Gasteiger partial charge in [-0.2, -0.15) is 10.5 Å². The number of allylic oxidation sites excluding steroid dienone is 3. The molecule has 78 valence electrons. The van der Waals surface area contributed by atoms with Crippen LogP contribution in [-0.2, 0) is 0 Å². The van der Waals surface area contributed by atoms with Gasteiger partial charge in [0.05, 0.1) is 0 Å². The van der Waals surface area contributed by atoms with Crippen molar-refractivity contribution in [2.24, 2.45) is 5.92 Å². The number of hydrogen-bond acceptors (Lipinski definition) is 3. The molecule has 3 heteroatoms. The summed E-state index contributed by atoms with van der Waals surface area (Å²) in [4.78, 5) is 1.15. The van der Waals surface area contributed by atoms with Crippen LogP contribution in [0.15, 0.2) is 34.7 Å². The minimum Gasteiger partial charge on any atom is -0.192 e. The van der Waals surface area contributed by atoms with Crippen LogP contribution < -0.4 is 0 Å². The van der Waals surface area contributed by atoms with Gasteiger partial charge in [0.2, 0.25) is 0 Å². The summed E-state index contributed by atoms with van der Waals surface area (Å²) in [7, 11) is 0. The van der Waals surface area contributed by atoms with Crippen LogP contribution in [0.3, 0.4) is 0 Å². The van der Waals surface area contributed by atoms with Gasteiger partial charge in [-0.15, -0.1) is 11.3 Å². The minimum absolute atomic E-state index is 0.260. The molecular formula is C13H10N2S. The summed E-state index contributed by atoms with van der Waals surface area (Å²) >= 11 is 1.65. The molecule has 1 aliphatic carbocycles. The highest BCUT2D eigenvalue weighted by Gasteiger charge is 2.27. The zero-order chi connectivity index (χ0) is 11.4. The molecule has 0 atom stereocenters. The molecule has 2 nitrogen and oxygen atoms in total. The van der Waals surface area contributed by atoms with E-state index in [1.807, 2.05) is 41.8 Å². The van der Waals surface area contributed by atoms with E-state index >= 15 is 0 Å². The fraction of sp³-hybridized carbons (Fsp3) is 0.231. The quantitative estimate of drug-likeness (QED) is 0.585. The summed E-state index contributed by atoms with van der Waals surface area (Å²) in [6, 6.07) is 7.95. The predicted octanol–water partition coefficient (Wildman–Crippen LogP) is 3.52. The third-order valence-electron chi connectivity index (χ3n) is 2.50. The number of nitriles is 2. The second-order valence-electron chi connectivity index (χ2n) is 3.68. The van der Waals surface area contributed by atoms with E-state index < -0.39 is 0 Å². The molecule has 0 unspecified atom stereocenters. The summed E-state index contributed by atoms with van der Waals surface area (Å²) in [6.45, 7) is 0. The molecule has 0 radical (unpaired) electrons. The van der Waals surface area contributed by atoms with E-state index in [4.69, 9.17) is 10.5 Å². The Kier molecular flexibility index (Phi) is 3.19. The Bertz CT molecular complexity index is 489. The summed E-state index contributed by atoms with van der Waals surface area (Å²) in [6.07, 6.45) is 6.09. The first-order chi connectivity index (χ1) is 7.85. The van der Waals surface area contributed by atoms with Crippen LogP contribution >= 0.6 is 11.3 Å². The summed E-state index contributed by atoms with van der Waals surface area (Å²) < 4.78 is 0. The van der Waals surface area contributed by atoms with Crippen molar-refractivity contribution in [3.05, 3.63) is 39.6 Å². The van der Waals surface area contributed by atoms with E-state index in [1.165, 1.54) is 0 Å². The van der Waals surface area contributed by atoms with Crippen LogP contribution in [0.5, 0.6) is 0 Å². The Hall–Kier alpha value is -1.84. The molecule has 0 saturated heterocycles. The Morgan fingerprint density at radius 3 is 2.62 bits per heavy atom. The van der Waals surface area contributed by atoms with Gasteiger partial charge in [-0.3, -0.25) is 0 Å². The molecule has 1 aromatic rings. The topological polar surface area (TPSA) is 47.6 Å². The van der Waals surface area contributed by atoms with Crippen molar-refractivity contribution in [2.75, 3.05) is 0 Å². The van der Waals surface area contributed by atoms with Gasteiger partial charge >= 0.3 is 0 Å². The van der Waals surface area contributed by atoms with Crippen molar-refractivity contribution in [1.82, 2.24) is 0 Å². The second-order valence-corrected chi connectivity index (χ2v) is 4.66. The van der Waals surface area contributed by atoms with Crippen LogP contribution in [0.2, 0.25) is 0 Å². The molecule has 0 spiro atoms. The number of hydrogen-bond donors (Lipinski definition) is 0. The van der Waals surface area contributed by atoms with Gasteiger partial charge in [-0.1, -0.05) is 12.1 Å². The summed E-state index contributed by atoms with van der Waals surface area (Å²) in [5.74, 6) is 0.422. The van der Waals surface area contributed by atoms with Crippen LogP contribution in [-0.4, -0.2) is 0 Å². The van der Waals surface area contributed by atoms with E-state index in [1.54, 1.807) is 11.3 Å². The van der Waals surface area contributed by atoms with E-state index in [-0.39, 0.29) is 5.57 Å². The van der Waals surface area contributed by atoms with Gasteiger partial charge in [0.1, 0.15) is 17.7 Å². The van der Waals surface area contributed by atoms with Gasteiger partial charge in [-0.05, 0) is 41.9 Å². The molecule has 0 aliphatic heterocycles. The Balaban J connectivity index is 2.26. The molecule has 0 N–H and O–H groups in total. The van der Waals surface area contributed by atoms with Crippen LogP contribution in [0.4, 0.5) is 0 Å². The lowest BCUT2D eigenvalue weighted by Gasteiger charge is -1.97. The first kappa shape index (κ1) is 10.7. The average Bonchev–Trinajstić information content (AvgIpc) is 3.01. The van der Waals surface area contributed by atoms with Crippen LogP contribution in [0.25, 0.3) is 6.08 Å². The van der Waals surface area contributed by atoms with Gasteiger partial charge in [0, 0.05) is 4.88 Å². The largest absolute Gasteiger partial charge is 0.192 e. The van der Waals surface area contributed by atoms with Crippen molar-refractivity contribution in [3.63, 3.8) is 0 Å². The Morgan fingerprint density at radius 2 is 2.12 bits per heavy atom. The average molecular weight is 226 g/mol. The third kappa shape index (κ3) is 2.39. The van der Waals surface area contributed by atoms with Gasteiger partial charge in [-0.25, -0.2) is 0 Å². The summed E-state index contributed by atoms with van der Waals surface area (Å²) in [5.41, 5.74) is 1.16. The molecule has 0 aromatic carbocycles. The van der Waals surface area contributed by atoms with Crippen molar-refractivity contribution in [1.29, 1.82) is 10.5 Å². The molecule has 1 saturated carbocycles. The maximum absolute atomic E-state index is 8.87. The van der Waals surface area contributed by atoms with Crippen molar-refractivity contribution in [2.45, 2.75) is 12.8 Å². The summed E-state index contributed by atoms with van der Waals surface area (Å²) in [5, 5.41) is 19.7. The van der Waals surface area contributed by atoms with E-state index in [0.29, 0.717) is 5.92 Å². The number of nitrogens with zero attached hydrogens (tertiary/aromatic N) is 2. The zero-order valence-corrected chi connectivity index (χ0v) is 9.50. The highest BCUT2D eigenvalue weighted by Crippen LogP contribution is 2.39. The minimum atomic E-state index is 0.260. The van der Waals surface area contributed by atoms with Gasteiger partial charge < -0.3 is 0 Å². The molecule has 0 amide bonds. The van der Waals surface area contributed by atoms with E-state index in [9.17, 15) is 0 Å². The fourth-order valence-electron chi connectivity index (χ4n) is 1.53. The molecule has 1 aromatic heterocycles. The monoisotopic (exact) mass is 226 g/mol. The predicted molar refractivity (Wildman–Crippen MR) is 64.3 cm³/mol. The van der Waals surface area contributed by atoms with Crippen LogP contribution in [0.1, 0.15) is 17.7 Å². The zero-order valence-electron chi connectivity index (χ0n) is 8.68. The van der Waals surface area contributed by atoms with Crippen molar-refractivity contribution < 1.29 is 0 Å². The normalized spacial score (nSPS) is 14.4. The van der Waals surface area contributed by atoms with Gasteiger partial charge in [0.25, 0.3) is 0 Å². The molecular weight excluding hydrogens is 216 g/mol. The first-order valence-corrected chi connectivity index (χ1v) is 5.99. The third-order valence-corrected chi connectivity index (χ3v) is 3.34. The molecule has 1 fully saturated rings. The molecule has 0 bridgehead atoms. The van der Waals surface area contributed by atoms with Gasteiger partial charge in [0.15, 0.2) is 0 Å². The van der Waals surface area contributed by atoms with Crippen molar-refractivity contribution >= 4 is 17.4 Å². The van der Waals surface area contributed by atoms with E-state index in [0.717, 1.165) is 23.3 Å². The SMILES string of the molecule is N#CC(C#N)=C(/C=C\c1cccs1)C1CC1. The number of thiophene rings is 1. The Morgan fingerprint density at radius 1 is 1.38 bits per heavy atom. The number of rotatable bonds is 3. The maximum Gasteiger partial charge on any atom is 0.133 e. The maximum atomic E-state index is 8.87. The smallest absolute Gasteiger partial charge is 0.133 e. The van der Waals surface area contributed by atoms with Crippen LogP contribution in [0, 0.1) is 28.6 Å². The lowest BCUT2D eigenvalue weighted by Crippen LogP contribution is -1.87. The van der Waals surface area contributed by atoms with E-state index in [2.05, 4.69) is 0 Å². The Labute approximate surface area is 98.8 Å². The standard InChI is InChI=1S/C13H10N2S/c14-8-11(9-15)13(10-3-4-10)6-5-12-2-1-7-16-12/h1-2,5-7,10H,3-4H2/b6-5-. The highest BCUT2D eigenvalue weighted by atomic mass is 32.1. The molecule has 1 heterocycles. The first-order valence-electron chi connectivity index (χ1n) is 5.11. The highest BCUT2D eigenvalue weighted by molar-refractivity contribution is 7.10. The van der Waals surface area contributed by atoms with Crippen molar-refractivity contribution in [3.8, 4) is 12.1 Å². The second kappa shape index (κ2) is 4.79. The molecule has 2 rings (SSSR count). The molecule has 16 heavy (non-hydrogen) atoms. The lowest BCUT2D eigenvalue weighted by molar-refractivity contribution is 1.04. The lowest BCUT2D eigenvalue weighted by atomic mass is 10.0. The molecule has 1 aliphatic rings.